The predicted molar refractivity (Wildman–Crippen MR) is 72.8 cm³/mol. The van der Waals surface area contributed by atoms with Crippen molar-refractivity contribution in [3.63, 3.8) is 0 Å². The normalized spacial score (nSPS) is 14.3. The molecule has 1 aromatic rings. The molecule has 0 aromatic heterocycles. The van der Waals surface area contributed by atoms with E-state index in [2.05, 4.69) is 11.4 Å². The Bertz CT molecular complexity index is 526. The fourth-order valence-corrected chi connectivity index (χ4v) is 2.23. The number of anilines is 2. The summed E-state index contributed by atoms with van der Waals surface area (Å²) in [6, 6.07) is 2.29. The Morgan fingerprint density at radius 2 is 2.26 bits per heavy atom. The lowest BCUT2D eigenvalue weighted by molar-refractivity contribution is 0.0692. The van der Waals surface area contributed by atoms with E-state index in [4.69, 9.17) is 10.8 Å². The van der Waals surface area contributed by atoms with Crippen molar-refractivity contribution in [3.05, 3.63) is 35.2 Å². The van der Waals surface area contributed by atoms with E-state index in [0.717, 1.165) is 31.4 Å². The summed E-state index contributed by atoms with van der Waals surface area (Å²) in [6.45, 7) is 0.669. The number of benzene rings is 1. The average Bonchev–Trinajstić information content (AvgIpc) is 2.85. The van der Waals surface area contributed by atoms with Gasteiger partial charge in [-0.25, -0.2) is 9.18 Å². The molecule has 4 N–H and O–H groups in total. The summed E-state index contributed by atoms with van der Waals surface area (Å²) in [6.07, 6.45) is 6.61. The molecule has 4 nitrogen and oxygen atoms in total. The Balaban J connectivity index is 2.00. The number of aromatic carboxylic acids is 1. The fourth-order valence-electron chi connectivity index (χ4n) is 2.23. The Kier molecular flexibility index (Phi) is 4.04. The predicted octanol–water partition coefficient (Wildman–Crippen LogP) is 3.02. The van der Waals surface area contributed by atoms with Gasteiger partial charge in [0.25, 0.3) is 0 Å². The number of nitrogen functional groups attached to an aromatic ring is 1. The van der Waals surface area contributed by atoms with E-state index >= 15 is 0 Å². The lowest BCUT2D eigenvalue weighted by Crippen LogP contribution is -2.08. The molecule has 1 aliphatic rings. The van der Waals surface area contributed by atoms with Crippen LogP contribution < -0.4 is 11.1 Å². The van der Waals surface area contributed by atoms with Gasteiger partial charge < -0.3 is 16.2 Å². The highest BCUT2D eigenvalue weighted by atomic mass is 19.1. The molecule has 0 unspecified atom stereocenters. The number of hydrogen-bond acceptors (Lipinski definition) is 3. The minimum Gasteiger partial charge on any atom is -0.478 e. The standard InChI is InChI=1S/C14H17FN2O2/c15-11-8-13(12(16)7-10(11)14(18)19)17-6-5-9-3-1-2-4-9/h3,7-8,17H,1-2,4-6,16H2,(H,18,19). The lowest BCUT2D eigenvalue weighted by atomic mass is 10.1. The van der Waals surface area contributed by atoms with Gasteiger partial charge in [0.15, 0.2) is 0 Å². The Labute approximate surface area is 111 Å². The first-order chi connectivity index (χ1) is 9.08. The van der Waals surface area contributed by atoms with Gasteiger partial charge in [-0.3, -0.25) is 0 Å². The molecule has 0 amide bonds. The molecule has 0 spiro atoms. The van der Waals surface area contributed by atoms with Crippen molar-refractivity contribution in [2.24, 2.45) is 0 Å². The zero-order valence-corrected chi connectivity index (χ0v) is 10.6. The van der Waals surface area contributed by atoms with Crippen molar-refractivity contribution in [1.29, 1.82) is 0 Å². The van der Waals surface area contributed by atoms with E-state index in [1.165, 1.54) is 12.0 Å². The van der Waals surface area contributed by atoms with Gasteiger partial charge in [0.05, 0.1) is 16.9 Å². The molecule has 0 radical (unpaired) electrons. The minimum atomic E-state index is -1.31. The molecule has 1 aliphatic carbocycles. The van der Waals surface area contributed by atoms with Gasteiger partial charge in [0.2, 0.25) is 0 Å². The molecule has 0 atom stereocenters. The molecular weight excluding hydrogens is 247 g/mol. The van der Waals surface area contributed by atoms with Crippen molar-refractivity contribution in [2.45, 2.75) is 25.7 Å². The number of nitrogens with two attached hydrogens (primary N) is 1. The van der Waals surface area contributed by atoms with Crippen molar-refractivity contribution < 1.29 is 14.3 Å². The molecule has 5 heteroatoms. The lowest BCUT2D eigenvalue weighted by Gasteiger charge is -2.11. The maximum atomic E-state index is 13.5. The molecule has 0 aliphatic heterocycles. The van der Waals surface area contributed by atoms with Gasteiger partial charge in [0.1, 0.15) is 5.82 Å². The van der Waals surface area contributed by atoms with Gasteiger partial charge in [0, 0.05) is 6.54 Å². The van der Waals surface area contributed by atoms with Crippen molar-refractivity contribution in [3.8, 4) is 0 Å². The number of hydrogen-bond donors (Lipinski definition) is 3. The summed E-state index contributed by atoms with van der Waals surface area (Å²) in [5, 5.41) is 11.8. The van der Waals surface area contributed by atoms with Gasteiger partial charge >= 0.3 is 5.97 Å². The van der Waals surface area contributed by atoms with Gasteiger partial charge in [-0.1, -0.05) is 11.6 Å². The maximum Gasteiger partial charge on any atom is 0.338 e. The van der Waals surface area contributed by atoms with Crippen LogP contribution in [0, 0.1) is 5.82 Å². The number of halogens is 1. The first kappa shape index (κ1) is 13.4. The summed E-state index contributed by atoms with van der Waals surface area (Å²) in [4.78, 5) is 10.7. The van der Waals surface area contributed by atoms with Gasteiger partial charge in [-0.2, -0.15) is 0 Å². The topological polar surface area (TPSA) is 75.4 Å². The second-order valence-electron chi connectivity index (χ2n) is 4.66. The zero-order chi connectivity index (χ0) is 13.8. The van der Waals surface area contributed by atoms with Crippen LogP contribution in [0.5, 0.6) is 0 Å². The van der Waals surface area contributed by atoms with E-state index in [1.807, 2.05) is 0 Å². The van der Waals surface area contributed by atoms with Crippen molar-refractivity contribution in [2.75, 3.05) is 17.6 Å². The van der Waals surface area contributed by atoms with Crippen LogP contribution in [0.3, 0.4) is 0 Å². The van der Waals surface area contributed by atoms with Crippen molar-refractivity contribution in [1.82, 2.24) is 0 Å². The van der Waals surface area contributed by atoms with Crippen LogP contribution in [0.15, 0.2) is 23.8 Å². The van der Waals surface area contributed by atoms with Gasteiger partial charge in [-0.05, 0) is 37.8 Å². The molecule has 0 heterocycles. The summed E-state index contributed by atoms with van der Waals surface area (Å²) in [5.74, 6) is -2.09. The van der Waals surface area contributed by atoms with Crippen LogP contribution in [0.1, 0.15) is 36.0 Å². The zero-order valence-electron chi connectivity index (χ0n) is 10.6. The number of carboxylic acids is 1. The first-order valence-electron chi connectivity index (χ1n) is 6.32. The van der Waals surface area contributed by atoms with Crippen LogP contribution in [0.2, 0.25) is 0 Å². The largest absolute Gasteiger partial charge is 0.478 e. The Morgan fingerprint density at radius 1 is 1.47 bits per heavy atom. The molecule has 0 saturated heterocycles. The molecule has 0 bridgehead atoms. The molecule has 102 valence electrons. The number of allylic oxidation sites excluding steroid dienone is 1. The van der Waals surface area contributed by atoms with E-state index in [0.29, 0.717) is 12.2 Å². The fraction of sp³-hybridized carbons (Fsp3) is 0.357. The number of nitrogens with one attached hydrogen (secondary N) is 1. The van der Waals surface area contributed by atoms with E-state index < -0.39 is 17.3 Å². The highest BCUT2D eigenvalue weighted by Gasteiger charge is 2.13. The van der Waals surface area contributed by atoms with E-state index in [9.17, 15) is 9.18 Å². The Morgan fingerprint density at radius 3 is 2.89 bits per heavy atom. The van der Waals surface area contributed by atoms with Crippen LogP contribution in [0.25, 0.3) is 0 Å². The SMILES string of the molecule is Nc1cc(C(=O)O)c(F)cc1NCCC1=CCCC1. The van der Waals surface area contributed by atoms with Crippen LogP contribution in [0.4, 0.5) is 15.8 Å². The summed E-state index contributed by atoms with van der Waals surface area (Å²) in [5.41, 5.74) is 7.42. The maximum absolute atomic E-state index is 13.5. The van der Waals surface area contributed by atoms with E-state index in [1.54, 1.807) is 0 Å². The summed E-state index contributed by atoms with van der Waals surface area (Å²) in [7, 11) is 0. The third-order valence-corrected chi connectivity index (χ3v) is 3.27. The average molecular weight is 264 g/mol. The highest BCUT2D eigenvalue weighted by Crippen LogP contribution is 2.24. The number of carbonyl (C=O) groups is 1. The summed E-state index contributed by atoms with van der Waals surface area (Å²) >= 11 is 0. The molecule has 1 aromatic carbocycles. The van der Waals surface area contributed by atoms with Crippen LogP contribution in [-0.4, -0.2) is 17.6 Å². The molecular formula is C14H17FN2O2. The number of rotatable bonds is 5. The Hall–Kier alpha value is -2.04. The smallest absolute Gasteiger partial charge is 0.338 e. The summed E-state index contributed by atoms with van der Waals surface area (Å²) < 4.78 is 13.5. The number of carboxylic acid groups (broad SMARTS) is 1. The van der Waals surface area contributed by atoms with Gasteiger partial charge in [-0.15, -0.1) is 0 Å². The quantitative estimate of drug-likeness (QED) is 0.564. The molecule has 0 saturated carbocycles. The first-order valence-corrected chi connectivity index (χ1v) is 6.32. The second kappa shape index (κ2) is 5.73. The molecule has 0 fully saturated rings. The highest BCUT2D eigenvalue weighted by molar-refractivity contribution is 5.90. The van der Waals surface area contributed by atoms with E-state index in [-0.39, 0.29) is 5.69 Å². The minimum absolute atomic E-state index is 0.249. The third-order valence-electron chi connectivity index (χ3n) is 3.27. The second-order valence-corrected chi connectivity index (χ2v) is 4.66. The van der Waals surface area contributed by atoms with Crippen LogP contribution in [-0.2, 0) is 0 Å². The molecule has 19 heavy (non-hydrogen) atoms. The third kappa shape index (κ3) is 3.24. The van der Waals surface area contributed by atoms with Crippen LogP contribution >= 0.6 is 0 Å². The monoisotopic (exact) mass is 264 g/mol. The van der Waals surface area contributed by atoms with Crippen molar-refractivity contribution >= 4 is 17.3 Å². The molecule has 2 rings (SSSR count).